The van der Waals surface area contributed by atoms with Gasteiger partial charge in [0.15, 0.2) is 5.11 Å². The van der Waals surface area contributed by atoms with E-state index in [1.807, 2.05) is 6.92 Å². The number of amides is 2. The molecule has 3 N–H and O–H groups in total. The third-order valence-electron chi connectivity index (χ3n) is 3.38. The van der Waals surface area contributed by atoms with Crippen molar-refractivity contribution in [3.05, 3.63) is 57.0 Å². The van der Waals surface area contributed by atoms with Crippen LogP contribution in [0.5, 0.6) is 0 Å². The average molecular weight is 445 g/mol. The minimum atomic E-state index is -0.449. The molecule has 0 saturated heterocycles. The Balaban J connectivity index is 2.05. The van der Waals surface area contributed by atoms with Gasteiger partial charge in [0, 0.05) is 17.7 Å². The van der Waals surface area contributed by atoms with Gasteiger partial charge in [0.05, 0.1) is 20.8 Å². The quantitative estimate of drug-likeness (QED) is 0.532. The summed E-state index contributed by atoms with van der Waals surface area (Å²) in [6.07, 6.45) is 1.17. The predicted octanol–water partition coefficient (Wildman–Crippen LogP) is 5.51. The molecule has 0 bridgehead atoms. The first kappa shape index (κ1) is 21.4. The maximum Gasteiger partial charge on any atom is 0.257 e. The summed E-state index contributed by atoms with van der Waals surface area (Å²) in [6.45, 7) is 1.92. The number of carbonyl (C=O) groups is 2. The fourth-order valence-electron chi connectivity index (χ4n) is 2.12. The Bertz CT molecular complexity index is 890. The Morgan fingerprint density at radius 3 is 2.33 bits per heavy atom. The highest BCUT2D eigenvalue weighted by Crippen LogP contribution is 2.26. The van der Waals surface area contributed by atoms with E-state index in [2.05, 4.69) is 16.0 Å². The number of halogens is 3. The molecule has 0 radical (unpaired) electrons. The van der Waals surface area contributed by atoms with Crippen molar-refractivity contribution in [2.24, 2.45) is 0 Å². The highest BCUT2D eigenvalue weighted by molar-refractivity contribution is 7.80. The Hall–Kier alpha value is -1.86. The lowest BCUT2D eigenvalue weighted by atomic mass is 10.2. The molecule has 0 aliphatic carbocycles. The zero-order chi connectivity index (χ0) is 20.0. The summed E-state index contributed by atoms with van der Waals surface area (Å²) >= 11 is 23.1. The first-order valence-electron chi connectivity index (χ1n) is 7.97. The molecular weight excluding hydrogens is 429 g/mol. The molecule has 2 amide bonds. The van der Waals surface area contributed by atoms with E-state index in [0.717, 1.165) is 6.42 Å². The molecule has 0 unspecified atom stereocenters. The Morgan fingerprint density at radius 1 is 0.963 bits per heavy atom. The van der Waals surface area contributed by atoms with Crippen molar-refractivity contribution in [3.8, 4) is 0 Å². The monoisotopic (exact) mass is 443 g/mol. The predicted molar refractivity (Wildman–Crippen MR) is 115 cm³/mol. The van der Waals surface area contributed by atoms with Gasteiger partial charge in [-0.15, -0.1) is 0 Å². The first-order chi connectivity index (χ1) is 12.8. The van der Waals surface area contributed by atoms with Gasteiger partial charge in [0.2, 0.25) is 5.91 Å². The molecule has 0 spiro atoms. The van der Waals surface area contributed by atoms with Crippen LogP contribution >= 0.6 is 47.0 Å². The van der Waals surface area contributed by atoms with Crippen LogP contribution in [0.25, 0.3) is 0 Å². The number of hydrogen-bond donors (Lipinski definition) is 3. The molecule has 0 saturated carbocycles. The summed E-state index contributed by atoms with van der Waals surface area (Å²) in [7, 11) is 0. The van der Waals surface area contributed by atoms with E-state index in [9.17, 15) is 9.59 Å². The molecule has 2 aromatic rings. The number of benzene rings is 2. The van der Waals surface area contributed by atoms with Crippen molar-refractivity contribution in [2.75, 3.05) is 10.6 Å². The van der Waals surface area contributed by atoms with Gasteiger partial charge in [-0.05, 0) is 55.0 Å². The maximum atomic E-state index is 12.2. The molecule has 27 heavy (non-hydrogen) atoms. The van der Waals surface area contributed by atoms with Gasteiger partial charge in [0.1, 0.15) is 0 Å². The second-order valence-corrected chi connectivity index (χ2v) is 7.16. The summed E-state index contributed by atoms with van der Waals surface area (Å²) in [5, 5.41) is 9.18. The van der Waals surface area contributed by atoms with Crippen molar-refractivity contribution in [1.82, 2.24) is 5.32 Å². The topological polar surface area (TPSA) is 70.2 Å². The number of rotatable bonds is 5. The van der Waals surface area contributed by atoms with Crippen LogP contribution in [0.15, 0.2) is 36.4 Å². The normalized spacial score (nSPS) is 10.2. The number of carbonyl (C=O) groups excluding carboxylic acids is 2. The highest BCUT2D eigenvalue weighted by Gasteiger charge is 2.12. The number of thiocarbonyl (C=S) groups is 1. The van der Waals surface area contributed by atoms with Gasteiger partial charge in [0.25, 0.3) is 5.91 Å². The van der Waals surface area contributed by atoms with E-state index >= 15 is 0 Å². The van der Waals surface area contributed by atoms with Crippen molar-refractivity contribution in [1.29, 1.82) is 0 Å². The third-order valence-corrected chi connectivity index (χ3v) is 4.66. The third kappa shape index (κ3) is 6.36. The van der Waals surface area contributed by atoms with E-state index in [0.29, 0.717) is 33.4 Å². The van der Waals surface area contributed by atoms with E-state index in [1.165, 1.54) is 18.2 Å². The molecule has 5 nitrogen and oxygen atoms in total. The molecule has 2 aromatic carbocycles. The average Bonchev–Trinajstić information content (AvgIpc) is 2.60. The van der Waals surface area contributed by atoms with Crippen LogP contribution in [-0.4, -0.2) is 16.9 Å². The zero-order valence-corrected chi connectivity index (χ0v) is 17.3. The van der Waals surface area contributed by atoms with Gasteiger partial charge < -0.3 is 10.6 Å². The van der Waals surface area contributed by atoms with Crippen LogP contribution in [0.1, 0.15) is 30.1 Å². The number of nitrogens with one attached hydrogen (secondary N) is 3. The summed E-state index contributed by atoms with van der Waals surface area (Å²) in [6, 6.07) is 9.43. The second kappa shape index (κ2) is 9.90. The minimum absolute atomic E-state index is 0.0463. The van der Waals surface area contributed by atoms with Crippen LogP contribution in [-0.2, 0) is 4.79 Å². The first-order valence-corrected chi connectivity index (χ1v) is 9.51. The molecule has 0 aromatic heterocycles. The minimum Gasteiger partial charge on any atom is -0.331 e. The van der Waals surface area contributed by atoms with E-state index in [1.54, 1.807) is 18.2 Å². The lowest BCUT2D eigenvalue weighted by molar-refractivity contribution is -0.116. The molecule has 0 heterocycles. The Kier molecular flexibility index (Phi) is 7.86. The van der Waals surface area contributed by atoms with Crippen molar-refractivity contribution >= 4 is 75.3 Å². The van der Waals surface area contributed by atoms with Crippen LogP contribution in [0.4, 0.5) is 11.4 Å². The molecule has 0 fully saturated rings. The SMILES string of the molecule is CCCC(=O)Nc1ccc(Cl)c(NC(=S)NC(=O)c2ccc(Cl)c(Cl)c2)c1. The van der Waals surface area contributed by atoms with Gasteiger partial charge in [-0.3, -0.25) is 14.9 Å². The Labute approximate surface area is 177 Å². The molecule has 2 rings (SSSR count). The molecular formula is C18H16Cl3N3O2S. The van der Waals surface area contributed by atoms with Gasteiger partial charge in [-0.1, -0.05) is 41.7 Å². The second-order valence-electron chi connectivity index (χ2n) is 5.53. The van der Waals surface area contributed by atoms with Crippen molar-refractivity contribution in [3.63, 3.8) is 0 Å². The molecule has 0 aliphatic heterocycles. The zero-order valence-electron chi connectivity index (χ0n) is 14.2. The maximum absolute atomic E-state index is 12.2. The number of anilines is 2. The summed E-state index contributed by atoms with van der Waals surface area (Å²) in [5.74, 6) is -0.545. The van der Waals surface area contributed by atoms with Crippen molar-refractivity contribution in [2.45, 2.75) is 19.8 Å². The van der Waals surface area contributed by atoms with E-state index in [4.69, 9.17) is 47.0 Å². The largest absolute Gasteiger partial charge is 0.331 e. The van der Waals surface area contributed by atoms with Gasteiger partial charge in [-0.25, -0.2) is 0 Å². The highest BCUT2D eigenvalue weighted by atomic mass is 35.5. The fraction of sp³-hybridized carbons (Fsp3) is 0.167. The van der Waals surface area contributed by atoms with E-state index < -0.39 is 5.91 Å². The summed E-state index contributed by atoms with van der Waals surface area (Å²) in [4.78, 5) is 24.0. The molecule has 9 heteroatoms. The number of hydrogen-bond acceptors (Lipinski definition) is 3. The Morgan fingerprint density at radius 2 is 1.67 bits per heavy atom. The smallest absolute Gasteiger partial charge is 0.257 e. The summed E-state index contributed by atoms with van der Waals surface area (Å²) < 4.78 is 0. The standard InChI is InChI=1S/C18H16Cl3N3O2S/c1-2-3-16(25)22-11-5-7-13(20)15(9-11)23-18(27)24-17(26)10-4-6-12(19)14(21)8-10/h4-9H,2-3H2,1H3,(H,22,25)(H2,23,24,26,27). The van der Waals surface area contributed by atoms with Gasteiger partial charge in [-0.2, -0.15) is 0 Å². The van der Waals surface area contributed by atoms with Gasteiger partial charge >= 0.3 is 0 Å². The lowest BCUT2D eigenvalue weighted by Gasteiger charge is -2.13. The molecule has 0 aliphatic rings. The van der Waals surface area contributed by atoms with E-state index in [-0.39, 0.29) is 16.0 Å². The van der Waals surface area contributed by atoms with Crippen LogP contribution in [0, 0.1) is 0 Å². The fourth-order valence-corrected chi connectivity index (χ4v) is 2.78. The van der Waals surface area contributed by atoms with Crippen LogP contribution < -0.4 is 16.0 Å². The van der Waals surface area contributed by atoms with Crippen LogP contribution in [0.3, 0.4) is 0 Å². The van der Waals surface area contributed by atoms with Crippen LogP contribution in [0.2, 0.25) is 15.1 Å². The lowest BCUT2D eigenvalue weighted by Crippen LogP contribution is -2.34. The van der Waals surface area contributed by atoms with Crippen molar-refractivity contribution < 1.29 is 9.59 Å². The summed E-state index contributed by atoms with van der Waals surface area (Å²) in [5.41, 5.74) is 1.32. The molecule has 0 atom stereocenters. The molecule has 142 valence electrons.